The van der Waals surface area contributed by atoms with Crippen molar-refractivity contribution in [1.29, 1.82) is 0 Å². The van der Waals surface area contributed by atoms with Crippen LogP contribution in [0.15, 0.2) is 60.7 Å². The van der Waals surface area contributed by atoms with Crippen LogP contribution in [0.2, 0.25) is 0 Å². The standard InChI is InChI=1S/C18H8F7NO2.C18H9F6NO3/c1-26-8-4-7(19)5-9(6-8)28-11-3-2-10-13-12(11)14(20)15(21)16(13,27)18(24,25)17(10,22)23;1-25-8-4-7(19)5-9(6-8)28-11-3-2-10-13-12(11)14(26)15(20)16(13,27)18(23,24)17(10,21)22/h2-6,14-15,27H;2-6,14-15,26-27H/t14-,15-,16+;14-,15+,16-/m10/s1. The number of halogens is 13. The average molecular weight is 805 g/mol. The molecule has 56 heavy (non-hydrogen) atoms. The molecule has 6 atom stereocenters. The molecule has 4 aliphatic carbocycles. The van der Waals surface area contributed by atoms with Crippen LogP contribution in [0.5, 0.6) is 23.0 Å². The van der Waals surface area contributed by atoms with Crippen LogP contribution in [0.25, 0.3) is 9.69 Å². The van der Waals surface area contributed by atoms with Crippen LogP contribution in [0.3, 0.4) is 0 Å². The van der Waals surface area contributed by atoms with Gasteiger partial charge in [-0.05, 0) is 48.5 Å². The Labute approximate surface area is 304 Å². The summed E-state index contributed by atoms with van der Waals surface area (Å²) in [6, 6.07) is 7.92. The van der Waals surface area contributed by atoms with Gasteiger partial charge in [0.05, 0.1) is 13.1 Å². The second kappa shape index (κ2) is 12.0. The Bertz CT molecular complexity index is 2270. The lowest BCUT2D eigenvalue weighted by atomic mass is 9.93. The van der Waals surface area contributed by atoms with Gasteiger partial charge in [-0.3, -0.25) is 0 Å². The van der Waals surface area contributed by atoms with E-state index >= 15 is 0 Å². The maximum Gasteiger partial charge on any atom is 0.349 e. The predicted octanol–water partition coefficient (Wildman–Crippen LogP) is 9.94. The van der Waals surface area contributed by atoms with E-state index in [1.165, 1.54) is 0 Å². The van der Waals surface area contributed by atoms with Crippen molar-refractivity contribution in [3.63, 3.8) is 0 Å². The van der Waals surface area contributed by atoms with E-state index in [2.05, 4.69) is 9.69 Å². The SMILES string of the molecule is [C-]#[N+]c1cc(F)cc(Oc2ccc3c4c2[C@@H](F)[C@@H](F)[C@]4(O)C(F)(F)C3(F)F)c1.[C-]#[N+]c1cc(F)cc(Oc2ccc3c4c2[C@H](O)[C@@H](F)[C@]4(O)C(F)(F)C3(F)F)c1. The van der Waals surface area contributed by atoms with Gasteiger partial charge in [0.2, 0.25) is 0 Å². The van der Waals surface area contributed by atoms with Crippen LogP contribution in [0, 0.1) is 24.8 Å². The number of rotatable bonds is 4. The predicted molar refractivity (Wildman–Crippen MR) is 162 cm³/mol. The first-order valence-corrected chi connectivity index (χ1v) is 15.6. The van der Waals surface area contributed by atoms with E-state index in [1.807, 2.05) is 0 Å². The number of benzene rings is 4. The minimum Gasteiger partial charge on any atom is -0.458 e. The Kier molecular flexibility index (Phi) is 8.27. The summed E-state index contributed by atoms with van der Waals surface area (Å²) in [5, 5.41) is 30.4. The summed E-state index contributed by atoms with van der Waals surface area (Å²) >= 11 is 0. The number of aliphatic hydroxyl groups is 3. The normalized spacial score (nSPS) is 28.7. The topological polar surface area (TPSA) is 87.9 Å². The third kappa shape index (κ3) is 4.69. The molecular weight excluding hydrogens is 787 g/mol. The Morgan fingerprint density at radius 1 is 0.571 bits per heavy atom. The molecule has 20 heteroatoms. The van der Waals surface area contributed by atoms with Gasteiger partial charge in [0, 0.05) is 45.5 Å². The van der Waals surface area contributed by atoms with Crippen LogP contribution in [-0.2, 0) is 23.0 Å². The third-order valence-corrected chi connectivity index (χ3v) is 9.93. The van der Waals surface area contributed by atoms with E-state index in [-0.39, 0.29) is 22.9 Å². The van der Waals surface area contributed by atoms with Gasteiger partial charge >= 0.3 is 23.7 Å². The third-order valence-electron chi connectivity index (χ3n) is 9.93. The fraction of sp³-hybridized carbons (Fsp3) is 0.278. The Balaban J connectivity index is 0.000000172. The molecule has 0 saturated heterocycles. The smallest absolute Gasteiger partial charge is 0.349 e. The molecule has 0 saturated carbocycles. The summed E-state index contributed by atoms with van der Waals surface area (Å²) in [4.78, 5) is 5.98. The zero-order valence-corrected chi connectivity index (χ0v) is 27.0. The first-order chi connectivity index (χ1) is 25.9. The number of aliphatic hydroxyl groups excluding tert-OH is 1. The van der Waals surface area contributed by atoms with Crippen LogP contribution in [0.4, 0.5) is 68.5 Å². The maximum atomic E-state index is 14.5. The Morgan fingerprint density at radius 2 is 0.964 bits per heavy atom. The first kappa shape index (κ1) is 38.7. The highest BCUT2D eigenvalue weighted by Crippen LogP contribution is 2.70. The van der Waals surface area contributed by atoms with Gasteiger partial charge in [0.25, 0.3) is 0 Å². The van der Waals surface area contributed by atoms with Crippen molar-refractivity contribution < 1.29 is 81.9 Å². The maximum absolute atomic E-state index is 14.5. The summed E-state index contributed by atoms with van der Waals surface area (Å²) in [6.45, 7) is 13.8. The minimum atomic E-state index is -5.30. The summed E-state index contributed by atoms with van der Waals surface area (Å²) in [6.07, 6.45) is -11.8. The fourth-order valence-electron chi connectivity index (χ4n) is 7.37. The van der Waals surface area contributed by atoms with Gasteiger partial charge in [-0.15, -0.1) is 0 Å². The molecule has 0 bridgehead atoms. The number of hydrogen-bond acceptors (Lipinski definition) is 5. The van der Waals surface area contributed by atoms with Crippen molar-refractivity contribution in [2.75, 3.05) is 0 Å². The van der Waals surface area contributed by atoms with Gasteiger partial charge in [-0.1, -0.05) is 0 Å². The lowest BCUT2D eigenvalue weighted by Gasteiger charge is -2.32. The molecule has 4 aromatic carbocycles. The quantitative estimate of drug-likeness (QED) is 0.141. The van der Waals surface area contributed by atoms with Crippen LogP contribution in [0.1, 0.15) is 45.7 Å². The van der Waals surface area contributed by atoms with E-state index in [1.54, 1.807) is 0 Å². The molecule has 4 aromatic rings. The lowest BCUT2D eigenvalue weighted by molar-refractivity contribution is -0.304. The number of alkyl halides is 11. The van der Waals surface area contributed by atoms with E-state index < -0.39 is 116 Å². The van der Waals surface area contributed by atoms with Crippen molar-refractivity contribution >= 4 is 11.4 Å². The molecule has 4 aliphatic rings. The molecule has 0 radical (unpaired) electrons. The summed E-state index contributed by atoms with van der Waals surface area (Å²) in [5.74, 6) is -24.0. The number of nitrogens with zero attached hydrogens (tertiary/aromatic N) is 2. The summed E-state index contributed by atoms with van der Waals surface area (Å²) in [5.41, 5.74) is -15.4. The van der Waals surface area contributed by atoms with E-state index in [4.69, 9.17) is 22.6 Å². The molecule has 8 rings (SSSR count). The first-order valence-electron chi connectivity index (χ1n) is 15.6. The van der Waals surface area contributed by atoms with E-state index in [0.717, 1.165) is 42.5 Å². The lowest BCUT2D eigenvalue weighted by Crippen LogP contribution is -2.53. The second-order valence-corrected chi connectivity index (χ2v) is 13.0. The summed E-state index contributed by atoms with van der Waals surface area (Å²) in [7, 11) is 0. The van der Waals surface area contributed by atoms with Crippen molar-refractivity contribution in [2.24, 2.45) is 0 Å². The molecule has 0 spiro atoms. The Morgan fingerprint density at radius 3 is 1.39 bits per heavy atom. The van der Waals surface area contributed by atoms with Gasteiger partial charge in [-0.25, -0.2) is 31.6 Å². The van der Waals surface area contributed by atoms with E-state index in [9.17, 15) is 72.4 Å². The minimum absolute atomic E-state index is 0.175. The van der Waals surface area contributed by atoms with Crippen LogP contribution < -0.4 is 9.47 Å². The summed E-state index contributed by atoms with van der Waals surface area (Å²) < 4.78 is 194. The van der Waals surface area contributed by atoms with E-state index in [0.29, 0.717) is 18.2 Å². The fourth-order valence-corrected chi connectivity index (χ4v) is 7.37. The molecule has 0 aromatic heterocycles. The molecule has 0 heterocycles. The molecule has 0 unspecified atom stereocenters. The number of ether oxygens (including phenoxy) is 2. The molecule has 292 valence electrons. The largest absolute Gasteiger partial charge is 0.458 e. The molecule has 3 N–H and O–H groups in total. The van der Waals surface area contributed by atoms with Gasteiger partial charge in [0.15, 0.2) is 41.1 Å². The van der Waals surface area contributed by atoms with Crippen molar-refractivity contribution in [2.45, 2.75) is 59.5 Å². The molecule has 7 nitrogen and oxygen atoms in total. The Hall–Kier alpha value is -5.57. The molecule has 0 aliphatic heterocycles. The molecule has 0 amide bonds. The zero-order valence-electron chi connectivity index (χ0n) is 27.0. The average Bonchev–Trinajstić information content (AvgIpc) is 3.57. The van der Waals surface area contributed by atoms with Gasteiger partial charge < -0.3 is 24.8 Å². The van der Waals surface area contributed by atoms with Crippen LogP contribution >= 0.6 is 0 Å². The zero-order chi connectivity index (χ0) is 41.3. The van der Waals surface area contributed by atoms with Crippen LogP contribution in [-0.4, -0.2) is 39.5 Å². The monoisotopic (exact) mass is 804 g/mol. The highest BCUT2D eigenvalue weighted by atomic mass is 19.3. The highest BCUT2D eigenvalue weighted by Gasteiger charge is 2.84. The van der Waals surface area contributed by atoms with Crippen molar-refractivity contribution in [1.82, 2.24) is 0 Å². The van der Waals surface area contributed by atoms with Crippen molar-refractivity contribution in [3.8, 4) is 23.0 Å². The molecule has 0 fully saturated rings. The van der Waals surface area contributed by atoms with Gasteiger partial charge in [-0.2, -0.15) is 35.1 Å². The van der Waals surface area contributed by atoms with Crippen molar-refractivity contribution in [3.05, 3.63) is 129 Å². The van der Waals surface area contributed by atoms with Gasteiger partial charge in [0.1, 0.15) is 40.7 Å². The molecular formula is C36H17F13N2O5. The highest BCUT2D eigenvalue weighted by molar-refractivity contribution is 5.64. The number of hydrogen-bond donors (Lipinski definition) is 3. The second-order valence-electron chi connectivity index (χ2n) is 13.0.